The molecule has 6 nitrogen and oxygen atoms in total. The fourth-order valence-corrected chi connectivity index (χ4v) is 3.40. The van der Waals surface area contributed by atoms with E-state index in [1.165, 1.54) is 6.07 Å². The molecule has 0 amide bonds. The van der Waals surface area contributed by atoms with Gasteiger partial charge in [-0.1, -0.05) is 6.07 Å². The van der Waals surface area contributed by atoms with E-state index in [-0.39, 0.29) is 23.1 Å². The highest BCUT2D eigenvalue weighted by Gasteiger charge is 2.26. The Hall–Kier alpha value is -1.95. The highest BCUT2D eigenvalue weighted by Crippen LogP contribution is 2.31. The van der Waals surface area contributed by atoms with Crippen molar-refractivity contribution in [2.45, 2.75) is 45.6 Å². The van der Waals surface area contributed by atoms with Crippen LogP contribution in [0.5, 0.6) is 0 Å². The van der Waals surface area contributed by atoms with Crippen molar-refractivity contribution < 1.29 is 14.8 Å². The van der Waals surface area contributed by atoms with Gasteiger partial charge in [-0.3, -0.25) is 19.8 Å². The monoisotopic (exact) mass is 320 g/mol. The third-order valence-corrected chi connectivity index (χ3v) is 4.79. The molecule has 0 aromatic heterocycles. The molecule has 2 rings (SSSR count). The summed E-state index contributed by atoms with van der Waals surface area (Å²) in [7, 11) is 0. The molecule has 2 unspecified atom stereocenters. The number of hydrogen-bond donors (Lipinski definition) is 1. The maximum Gasteiger partial charge on any atom is 0.303 e. The number of nitro benzene ring substituents is 1. The summed E-state index contributed by atoms with van der Waals surface area (Å²) < 4.78 is 0. The molecule has 1 fully saturated rings. The number of likely N-dealkylation sites (tertiary alicyclic amines) is 1. The quantitative estimate of drug-likeness (QED) is 0.640. The maximum absolute atomic E-state index is 11.0. The van der Waals surface area contributed by atoms with Gasteiger partial charge in [0, 0.05) is 31.1 Å². The highest BCUT2D eigenvalue weighted by atomic mass is 16.6. The zero-order valence-electron chi connectivity index (χ0n) is 13.7. The first-order valence-corrected chi connectivity index (χ1v) is 8.09. The highest BCUT2D eigenvalue weighted by molar-refractivity contribution is 5.66. The Morgan fingerprint density at radius 1 is 1.52 bits per heavy atom. The van der Waals surface area contributed by atoms with E-state index in [2.05, 4.69) is 11.8 Å². The molecular weight excluding hydrogens is 296 g/mol. The van der Waals surface area contributed by atoms with E-state index >= 15 is 0 Å². The Balaban J connectivity index is 2.10. The van der Waals surface area contributed by atoms with Crippen LogP contribution in [0.25, 0.3) is 0 Å². The normalized spacial score (nSPS) is 20.2. The van der Waals surface area contributed by atoms with Crippen LogP contribution in [-0.2, 0) is 4.79 Å². The lowest BCUT2D eigenvalue weighted by molar-refractivity contribution is -0.385. The summed E-state index contributed by atoms with van der Waals surface area (Å²) in [5.41, 5.74) is 2.16. The molecular formula is C17H24N2O4. The Labute approximate surface area is 136 Å². The van der Waals surface area contributed by atoms with Crippen LogP contribution in [0.1, 0.15) is 49.8 Å². The number of carboxylic acid groups (broad SMARTS) is 1. The second-order valence-electron chi connectivity index (χ2n) is 6.41. The van der Waals surface area contributed by atoms with Crippen molar-refractivity contribution in [2.24, 2.45) is 5.92 Å². The number of piperidine rings is 1. The van der Waals surface area contributed by atoms with E-state index in [1.807, 2.05) is 6.92 Å². The van der Waals surface area contributed by atoms with Crippen molar-refractivity contribution in [1.29, 1.82) is 0 Å². The lowest BCUT2D eigenvalue weighted by Crippen LogP contribution is -2.37. The first kappa shape index (κ1) is 17.4. The molecule has 126 valence electrons. The van der Waals surface area contributed by atoms with Gasteiger partial charge in [-0.2, -0.15) is 0 Å². The lowest BCUT2D eigenvalue weighted by Gasteiger charge is -2.37. The summed E-state index contributed by atoms with van der Waals surface area (Å²) in [6, 6.07) is 5.11. The van der Waals surface area contributed by atoms with Crippen LogP contribution in [0.4, 0.5) is 5.69 Å². The lowest BCUT2D eigenvalue weighted by atomic mass is 9.91. The van der Waals surface area contributed by atoms with E-state index in [4.69, 9.17) is 5.11 Å². The van der Waals surface area contributed by atoms with Gasteiger partial charge < -0.3 is 5.11 Å². The van der Waals surface area contributed by atoms with E-state index in [1.54, 1.807) is 12.1 Å². The zero-order valence-corrected chi connectivity index (χ0v) is 13.7. The largest absolute Gasteiger partial charge is 0.481 e. The number of hydrogen-bond acceptors (Lipinski definition) is 4. The molecule has 23 heavy (non-hydrogen) atoms. The number of nitrogens with zero attached hydrogens (tertiary/aromatic N) is 2. The van der Waals surface area contributed by atoms with Crippen molar-refractivity contribution in [1.82, 2.24) is 4.90 Å². The molecule has 1 aromatic rings. The number of nitro groups is 1. The van der Waals surface area contributed by atoms with Crippen LogP contribution in [0, 0.1) is 23.0 Å². The average Bonchev–Trinajstić information content (AvgIpc) is 2.52. The first-order chi connectivity index (χ1) is 10.9. The van der Waals surface area contributed by atoms with Gasteiger partial charge in [-0.05, 0) is 56.7 Å². The predicted octanol–water partition coefficient (Wildman–Crippen LogP) is 3.54. The van der Waals surface area contributed by atoms with Gasteiger partial charge in [0.1, 0.15) is 0 Å². The van der Waals surface area contributed by atoms with Gasteiger partial charge in [-0.15, -0.1) is 0 Å². The Morgan fingerprint density at radius 3 is 2.91 bits per heavy atom. The van der Waals surface area contributed by atoms with E-state index in [0.29, 0.717) is 12.3 Å². The van der Waals surface area contributed by atoms with Gasteiger partial charge in [0.2, 0.25) is 0 Å². The number of carboxylic acids is 1. The third-order valence-electron chi connectivity index (χ3n) is 4.79. The van der Waals surface area contributed by atoms with Gasteiger partial charge in [0.15, 0.2) is 0 Å². The minimum Gasteiger partial charge on any atom is -0.481 e. The minimum absolute atomic E-state index is 0.0996. The smallest absolute Gasteiger partial charge is 0.303 e. The molecule has 6 heteroatoms. The first-order valence-electron chi connectivity index (χ1n) is 8.09. The summed E-state index contributed by atoms with van der Waals surface area (Å²) in [6.45, 7) is 5.86. The molecule has 0 bridgehead atoms. The minimum atomic E-state index is -0.746. The summed E-state index contributed by atoms with van der Waals surface area (Å²) in [4.78, 5) is 23.7. The van der Waals surface area contributed by atoms with E-state index in [0.717, 1.165) is 37.1 Å². The maximum atomic E-state index is 11.0. The standard InChI is InChI=1S/C17H24N2O4/c1-12-5-7-15(19(22)23)10-16(12)13(2)18-9-3-4-14(11-18)6-8-17(20)21/h5,7,10,13-14H,3-4,6,8-9,11H2,1-2H3,(H,20,21). The summed E-state index contributed by atoms with van der Waals surface area (Å²) in [6.07, 6.45) is 3.02. The molecule has 1 N–H and O–H groups in total. The third kappa shape index (κ3) is 4.51. The summed E-state index contributed by atoms with van der Waals surface area (Å²) >= 11 is 0. The second-order valence-corrected chi connectivity index (χ2v) is 6.41. The van der Waals surface area contributed by atoms with Crippen molar-refractivity contribution in [2.75, 3.05) is 13.1 Å². The number of aryl methyl sites for hydroxylation is 1. The molecule has 1 aliphatic heterocycles. The van der Waals surface area contributed by atoms with Gasteiger partial charge in [0.05, 0.1) is 4.92 Å². The predicted molar refractivity (Wildman–Crippen MR) is 87.4 cm³/mol. The fraction of sp³-hybridized carbons (Fsp3) is 0.588. The van der Waals surface area contributed by atoms with Crippen LogP contribution in [0.15, 0.2) is 18.2 Å². The number of carbonyl (C=O) groups is 1. The number of benzene rings is 1. The average molecular weight is 320 g/mol. The Morgan fingerprint density at radius 2 is 2.26 bits per heavy atom. The zero-order chi connectivity index (χ0) is 17.0. The van der Waals surface area contributed by atoms with Crippen molar-refractivity contribution in [3.63, 3.8) is 0 Å². The van der Waals surface area contributed by atoms with Crippen LogP contribution in [0.3, 0.4) is 0 Å². The Bertz CT molecular complexity index is 588. The van der Waals surface area contributed by atoms with Gasteiger partial charge >= 0.3 is 5.97 Å². The molecule has 1 heterocycles. The molecule has 1 aliphatic rings. The fourth-order valence-electron chi connectivity index (χ4n) is 3.40. The van der Waals surface area contributed by atoms with Crippen LogP contribution >= 0.6 is 0 Å². The van der Waals surface area contributed by atoms with Gasteiger partial charge in [-0.25, -0.2) is 0 Å². The number of aliphatic carboxylic acids is 1. The molecule has 1 saturated heterocycles. The summed E-state index contributed by atoms with van der Waals surface area (Å²) in [5.74, 6) is -0.356. The van der Waals surface area contributed by atoms with E-state index < -0.39 is 5.97 Å². The van der Waals surface area contributed by atoms with Crippen molar-refractivity contribution in [3.05, 3.63) is 39.4 Å². The number of rotatable bonds is 6. The number of non-ortho nitro benzene ring substituents is 1. The van der Waals surface area contributed by atoms with E-state index in [9.17, 15) is 14.9 Å². The molecule has 2 atom stereocenters. The Kier molecular flexibility index (Phi) is 5.71. The van der Waals surface area contributed by atoms with Crippen molar-refractivity contribution in [3.8, 4) is 0 Å². The second kappa shape index (κ2) is 7.55. The molecule has 1 aromatic carbocycles. The molecule has 0 spiro atoms. The SMILES string of the molecule is Cc1ccc([N+](=O)[O-])cc1C(C)N1CCCC(CCC(=O)O)C1. The van der Waals surface area contributed by atoms with Gasteiger partial charge in [0.25, 0.3) is 5.69 Å². The van der Waals surface area contributed by atoms with Crippen LogP contribution in [-0.4, -0.2) is 34.0 Å². The van der Waals surface area contributed by atoms with Crippen molar-refractivity contribution >= 4 is 11.7 Å². The summed E-state index contributed by atoms with van der Waals surface area (Å²) in [5, 5.41) is 19.8. The topological polar surface area (TPSA) is 83.7 Å². The molecule has 0 aliphatic carbocycles. The van der Waals surface area contributed by atoms with Crippen LogP contribution < -0.4 is 0 Å². The molecule has 0 saturated carbocycles. The van der Waals surface area contributed by atoms with Crippen LogP contribution in [0.2, 0.25) is 0 Å². The molecule has 0 radical (unpaired) electrons.